The Hall–Kier alpha value is -4.68. The highest BCUT2D eigenvalue weighted by Crippen LogP contribution is 2.34. The van der Waals surface area contributed by atoms with Crippen LogP contribution in [0.2, 0.25) is 0 Å². The Morgan fingerprint density at radius 2 is 1.66 bits per heavy atom. The van der Waals surface area contributed by atoms with Gasteiger partial charge in [-0.05, 0) is 59.7 Å². The number of benzene rings is 3. The topological polar surface area (TPSA) is 88.2 Å². The molecule has 1 N–H and O–H groups in total. The molecule has 1 fully saturated rings. The van der Waals surface area contributed by atoms with Crippen LogP contribution in [0.5, 0.6) is 11.5 Å². The van der Waals surface area contributed by atoms with Crippen LogP contribution in [-0.2, 0) is 15.8 Å². The third-order valence-corrected chi connectivity index (χ3v) is 6.74. The lowest BCUT2D eigenvalue weighted by Gasteiger charge is -2.39. The monoisotopic (exact) mass is 575 g/mol. The maximum Gasteiger partial charge on any atom is 0.416 e. The molecule has 3 aromatic carbocycles. The fourth-order valence-electron chi connectivity index (χ4n) is 4.69. The number of alkyl halides is 5. The van der Waals surface area contributed by atoms with E-state index in [1.165, 1.54) is 64.4 Å². The zero-order chi connectivity index (χ0) is 29.3. The highest BCUT2D eigenvalue weighted by molar-refractivity contribution is 6.10. The molecule has 2 heterocycles. The maximum absolute atomic E-state index is 13.5. The van der Waals surface area contributed by atoms with Crippen molar-refractivity contribution in [1.29, 1.82) is 0 Å². The van der Waals surface area contributed by atoms with E-state index in [-0.39, 0.29) is 47.9 Å². The van der Waals surface area contributed by atoms with Crippen LogP contribution < -0.4 is 14.8 Å². The fourth-order valence-corrected chi connectivity index (χ4v) is 4.69. The minimum absolute atomic E-state index is 0.0373. The second kappa shape index (κ2) is 11.1. The van der Waals surface area contributed by atoms with Gasteiger partial charge in [-0.15, -0.1) is 0 Å². The van der Waals surface area contributed by atoms with Crippen molar-refractivity contribution in [2.24, 2.45) is 0 Å². The molecule has 1 unspecified atom stereocenters. The van der Waals surface area contributed by atoms with E-state index in [0.717, 1.165) is 12.1 Å². The second-order valence-electron chi connectivity index (χ2n) is 9.32. The van der Waals surface area contributed by atoms with Gasteiger partial charge in [0, 0.05) is 13.1 Å². The van der Waals surface area contributed by atoms with Crippen LogP contribution in [0.15, 0.2) is 66.7 Å². The van der Waals surface area contributed by atoms with Gasteiger partial charge in [0.1, 0.15) is 17.5 Å². The van der Waals surface area contributed by atoms with Crippen LogP contribution in [0.25, 0.3) is 11.1 Å². The molecular weight excluding hydrogens is 553 g/mol. The van der Waals surface area contributed by atoms with Crippen molar-refractivity contribution in [3.8, 4) is 22.6 Å². The van der Waals surface area contributed by atoms with Gasteiger partial charge in [-0.25, -0.2) is 0 Å². The van der Waals surface area contributed by atoms with Crippen LogP contribution in [0.1, 0.15) is 15.9 Å². The number of piperazine rings is 1. The Morgan fingerprint density at radius 1 is 0.951 bits per heavy atom. The molecule has 0 aliphatic carbocycles. The van der Waals surface area contributed by atoms with Gasteiger partial charge in [0.2, 0.25) is 5.91 Å². The van der Waals surface area contributed by atoms with Gasteiger partial charge in [0.05, 0.1) is 23.4 Å². The first-order valence-electron chi connectivity index (χ1n) is 12.4. The Kier molecular flexibility index (Phi) is 7.52. The number of carbonyl (C=O) groups is 3. The Labute approximate surface area is 230 Å². The standard InChI is InChI=1S/C28H22F5N3O5/c29-27(30)41-20-7-5-19(6-8-20)40-15-24(37)35-10-11-36-23(14-35)25(38)34-22-9-4-17(13-21(22)26(36)39)16-2-1-3-18(12-16)28(31,32)33/h1-9,12-13,23,27H,10-11,14-15H2,(H,34,38). The van der Waals surface area contributed by atoms with Crippen molar-refractivity contribution < 1.29 is 45.8 Å². The molecule has 214 valence electrons. The van der Waals surface area contributed by atoms with E-state index in [1.54, 1.807) is 0 Å². The minimum Gasteiger partial charge on any atom is -0.484 e. The van der Waals surface area contributed by atoms with Gasteiger partial charge >= 0.3 is 12.8 Å². The summed E-state index contributed by atoms with van der Waals surface area (Å²) < 4.78 is 73.9. The third-order valence-electron chi connectivity index (χ3n) is 6.74. The van der Waals surface area contributed by atoms with Crippen LogP contribution in [-0.4, -0.2) is 66.4 Å². The minimum atomic E-state index is -4.53. The molecule has 13 heteroatoms. The van der Waals surface area contributed by atoms with Crippen LogP contribution in [0, 0.1) is 0 Å². The smallest absolute Gasteiger partial charge is 0.416 e. The van der Waals surface area contributed by atoms with Crippen molar-refractivity contribution in [3.63, 3.8) is 0 Å². The lowest BCUT2D eigenvalue weighted by Crippen LogP contribution is -2.60. The van der Waals surface area contributed by atoms with Crippen molar-refractivity contribution in [2.45, 2.75) is 18.8 Å². The number of nitrogens with zero attached hydrogens (tertiary/aromatic N) is 2. The number of ether oxygens (including phenoxy) is 2. The number of hydrogen-bond acceptors (Lipinski definition) is 5. The van der Waals surface area contributed by atoms with Crippen molar-refractivity contribution >= 4 is 23.4 Å². The van der Waals surface area contributed by atoms with E-state index >= 15 is 0 Å². The van der Waals surface area contributed by atoms with E-state index in [4.69, 9.17) is 4.74 Å². The van der Waals surface area contributed by atoms with E-state index in [0.29, 0.717) is 5.56 Å². The number of anilines is 1. The van der Waals surface area contributed by atoms with Crippen LogP contribution in [0.3, 0.4) is 0 Å². The predicted molar refractivity (Wildman–Crippen MR) is 135 cm³/mol. The average molecular weight is 575 g/mol. The van der Waals surface area contributed by atoms with Crippen molar-refractivity contribution in [2.75, 3.05) is 31.6 Å². The lowest BCUT2D eigenvalue weighted by atomic mass is 9.99. The Morgan fingerprint density at radius 3 is 2.37 bits per heavy atom. The van der Waals surface area contributed by atoms with E-state index < -0.39 is 48.7 Å². The summed E-state index contributed by atoms with van der Waals surface area (Å²) in [5, 5.41) is 2.69. The second-order valence-corrected chi connectivity index (χ2v) is 9.32. The fraction of sp³-hybridized carbons (Fsp3) is 0.250. The summed E-state index contributed by atoms with van der Waals surface area (Å²) in [5.41, 5.74) is 0.140. The number of fused-ring (bicyclic) bond motifs is 2. The zero-order valence-electron chi connectivity index (χ0n) is 21.2. The van der Waals surface area contributed by atoms with Gasteiger partial charge in [0.15, 0.2) is 6.61 Å². The maximum atomic E-state index is 13.5. The number of nitrogens with one attached hydrogen (secondary N) is 1. The molecule has 1 saturated heterocycles. The summed E-state index contributed by atoms with van der Waals surface area (Å²) in [6.07, 6.45) is -4.53. The molecule has 8 nitrogen and oxygen atoms in total. The summed E-state index contributed by atoms with van der Waals surface area (Å²) in [6.45, 7) is -3.31. The van der Waals surface area contributed by atoms with Gasteiger partial charge in [-0.1, -0.05) is 18.2 Å². The zero-order valence-corrected chi connectivity index (χ0v) is 21.2. The molecule has 2 aliphatic heterocycles. The van der Waals surface area contributed by atoms with E-state index in [1.807, 2.05) is 0 Å². The average Bonchev–Trinajstić information content (AvgIpc) is 3.05. The van der Waals surface area contributed by atoms with Gasteiger partial charge in [0.25, 0.3) is 11.8 Å². The van der Waals surface area contributed by atoms with Gasteiger partial charge in [-0.2, -0.15) is 22.0 Å². The van der Waals surface area contributed by atoms with Crippen molar-refractivity contribution in [3.05, 3.63) is 77.9 Å². The van der Waals surface area contributed by atoms with E-state index in [9.17, 15) is 36.3 Å². The summed E-state index contributed by atoms with van der Waals surface area (Å²) in [5.74, 6) is -1.29. The molecule has 0 saturated carbocycles. The molecule has 41 heavy (non-hydrogen) atoms. The van der Waals surface area contributed by atoms with Crippen LogP contribution in [0.4, 0.5) is 27.6 Å². The quantitative estimate of drug-likeness (QED) is 0.433. The summed E-state index contributed by atoms with van der Waals surface area (Å²) >= 11 is 0. The molecule has 0 spiro atoms. The molecule has 0 aromatic heterocycles. The molecule has 0 bridgehead atoms. The SMILES string of the molecule is O=C1Nc2ccc(-c3cccc(C(F)(F)F)c3)cc2C(=O)N2CCN(C(=O)COc3ccc(OC(F)F)cc3)CC12. The molecule has 2 aliphatic rings. The number of rotatable bonds is 6. The summed E-state index contributed by atoms with van der Waals surface area (Å²) in [4.78, 5) is 42.1. The number of carbonyl (C=O) groups excluding carboxylic acids is 3. The predicted octanol–water partition coefficient (Wildman–Crippen LogP) is 4.66. The highest BCUT2D eigenvalue weighted by Gasteiger charge is 2.40. The molecule has 1 atom stereocenters. The van der Waals surface area contributed by atoms with Crippen LogP contribution >= 0.6 is 0 Å². The van der Waals surface area contributed by atoms with Gasteiger partial charge in [-0.3, -0.25) is 14.4 Å². The molecule has 3 aromatic rings. The largest absolute Gasteiger partial charge is 0.484 e. The Bertz CT molecular complexity index is 1480. The molecule has 5 rings (SSSR count). The first kappa shape index (κ1) is 27.9. The van der Waals surface area contributed by atoms with Crippen molar-refractivity contribution in [1.82, 2.24) is 9.80 Å². The number of halogens is 5. The summed E-state index contributed by atoms with van der Waals surface area (Å²) in [7, 11) is 0. The first-order chi connectivity index (χ1) is 19.5. The highest BCUT2D eigenvalue weighted by atomic mass is 19.4. The Balaban J connectivity index is 1.27. The van der Waals surface area contributed by atoms with E-state index in [2.05, 4.69) is 10.1 Å². The number of amides is 3. The normalized spacial score (nSPS) is 17.0. The third kappa shape index (κ3) is 6.08. The number of hydrogen-bond donors (Lipinski definition) is 1. The lowest BCUT2D eigenvalue weighted by molar-refractivity contribution is -0.138. The van der Waals surface area contributed by atoms with Gasteiger partial charge < -0.3 is 24.6 Å². The molecule has 3 amide bonds. The molecule has 0 radical (unpaired) electrons. The first-order valence-corrected chi connectivity index (χ1v) is 12.4. The molecular formula is C28H22F5N3O5. The summed E-state index contributed by atoms with van der Waals surface area (Å²) in [6, 6.07) is 13.4.